The number of likely N-dealkylation sites (N-methyl/N-ethyl adjacent to an activating group) is 1. The van der Waals surface area contributed by atoms with Gasteiger partial charge in [0.1, 0.15) is 5.82 Å². The van der Waals surface area contributed by atoms with Gasteiger partial charge in [-0.15, -0.1) is 0 Å². The second kappa shape index (κ2) is 6.24. The van der Waals surface area contributed by atoms with Crippen LogP contribution < -0.4 is 5.32 Å². The number of aromatic nitrogens is 2. The summed E-state index contributed by atoms with van der Waals surface area (Å²) in [6.07, 6.45) is 2.75. The summed E-state index contributed by atoms with van der Waals surface area (Å²) >= 11 is 2.32. The third-order valence-electron chi connectivity index (χ3n) is 2.86. The van der Waals surface area contributed by atoms with Gasteiger partial charge in [-0.05, 0) is 66.7 Å². The molecule has 0 spiro atoms. The van der Waals surface area contributed by atoms with E-state index in [2.05, 4.69) is 62.1 Å². The first kappa shape index (κ1) is 13.4. The van der Waals surface area contributed by atoms with Gasteiger partial charge in [0.2, 0.25) is 0 Å². The largest absolute Gasteiger partial charge is 0.311 e. The van der Waals surface area contributed by atoms with E-state index in [1.54, 1.807) is 0 Å². The van der Waals surface area contributed by atoms with Gasteiger partial charge in [-0.2, -0.15) is 0 Å². The van der Waals surface area contributed by atoms with Crippen molar-refractivity contribution >= 4 is 22.6 Å². The minimum Gasteiger partial charge on any atom is -0.311 e. The maximum absolute atomic E-state index is 4.48. The van der Waals surface area contributed by atoms with Gasteiger partial charge >= 0.3 is 0 Å². The van der Waals surface area contributed by atoms with Crippen LogP contribution in [0.25, 0.3) is 0 Å². The molecule has 1 heterocycles. The number of rotatable bonds is 4. The first-order valence-corrected chi connectivity index (χ1v) is 6.98. The van der Waals surface area contributed by atoms with E-state index in [9.17, 15) is 0 Å². The van der Waals surface area contributed by atoms with Crippen LogP contribution >= 0.6 is 22.6 Å². The zero-order valence-corrected chi connectivity index (χ0v) is 12.7. The van der Waals surface area contributed by atoms with Gasteiger partial charge in [-0.25, -0.2) is 9.97 Å². The Morgan fingerprint density at radius 1 is 1.22 bits per heavy atom. The van der Waals surface area contributed by atoms with Crippen LogP contribution in [0.3, 0.4) is 0 Å². The Balaban J connectivity index is 2.17. The van der Waals surface area contributed by atoms with Crippen LogP contribution in [0.2, 0.25) is 0 Å². The summed E-state index contributed by atoms with van der Waals surface area (Å²) in [5.41, 5.74) is 2.36. The highest BCUT2D eigenvalue weighted by Gasteiger charge is 2.11. The molecule has 0 aliphatic rings. The lowest BCUT2D eigenvalue weighted by Gasteiger charge is -2.16. The zero-order chi connectivity index (χ0) is 13.0. The SMILES string of the molecule is CNC(Cc1ccc(I)cc1)c1ccnc(C)n1. The fourth-order valence-corrected chi connectivity index (χ4v) is 2.24. The summed E-state index contributed by atoms with van der Waals surface area (Å²) in [6, 6.07) is 10.8. The van der Waals surface area contributed by atoms with Crippen LogP contribution in [0.15, 0.2) is 36.5 Å². The number of nitrogens with one attached hydrogen (secondary N) is 1. The van der Waals surface area contributed by atoms with Crippen molar-refractivity contribution in [1.29, 1.82) is 0 Å². The lowest BCUT2D eigenvalue weighted by Crippen LogP contribution is -2.20. The van der Waals surface area contributed by atoms with E-state index in [1.807, 2.05) is 26.2 Å². The van der Waals surface area contributed by atoms with Crippen molar-refractivity contribution in [2.24, 2.45) is 0 Å². The molecule has 0 saturated carbocycles. The molecule has 94 valence electrons. The van der Waals surface area contributed by atoms with Crippen LogP contribution in [0.5, 0.6) is 0 Å². The summed E-state index contributed by atoms with van der Waals surface area (Å²) in [5.74, 6) is 0.815. The fourth-order valence-electron chi connectivity index (χ4n) is 1.88. The Labute approximate surface area is 121 Å². The molecule has 1 N–H and O–H groups in total. The summed E-state index contributed by atoms with van der Waals surface area (Å²) in [4.78, 5) is 8.62. The third kappa shape index (κ3) is 3.49. The Morgan fingerprint density at radius 2 is 1.94 bits per heavy atom. The number of nitrogens with zero attached hydrogens (tertiary/aromatic N) is 2. The molecule has 4 heteroatoms. The Kier molecular flexibility index (Phi) is 4.66. The van der Waals surface area contributed by atoms with Gasteiger partial charge in [0, 0.05) is 9.77 Å². The molecule has 0 aliphatic carbocycles. The monoisotopic (exact) mass is 353 g/mol. The fraction of sp³-hybridized carbons (Fsp3) is 0.286. The predicted molar refractivity (Wildman–Crippen MR) is 81.4 cm³/mol. The molecule has 18 heavy (non-hydrogen) atoms. The summed E-state index contributed by atoms with van der Waals surface area (Å²) in [6.45, 7) is 1.92. The molecule has 0 saturated heterocycles. The van der Waals surface area contributed by atoms with Crippen LogP contribution in [-0.2, 0) is 6.42 Å². The highest BCUT2D eigenvalue weighted by molar-refractivity contribution is 14.1. The predicted octanol–water partition coefficient (Wildman–Crippen LogP) is 2.89. The van der Waals surface area contributed by atoms with Crippen LogP contribution in [-0.4, -0.2) is 17.0 Å². The molecule has 1 unspecified atom stereocenters. The van der Waals surface area contributed by atoms with Crippen molar-refractivity contribution < 1.29 is 0 Å². The van der Waals surface area contributed by atoms with E-state index < -0.39 is 0 Å². The molecule has 1 aromatic carbocycles. The normalized spacial score (nSPS) is 12.4. The second-order valence-electron chi connectivity index (χ2n) is 4.20. The average Bonchev–Trinajstić information content (AvgIpc) is 2.38. The second-order valence-corrected chi connectivity index (χ2v) is 5.45. The molecule has 1 aromatic heterocycles. The Bertz CT molecular complexity index is 511. The number of hydrogen-bond acceptors (Lipinski definition) is 3. The van der Waals surface area contributed by atoms with Crippen LogP contribution in [0.4, 0.5) is 0 Å². The summed E-state index contributed by atoms with van der Waals surface area (Å²) in [7, 11) is 1.97. The van der Waals surface area contributed by atoms with Gasteiger partial charge in [0.05, 0.1) is 11.7 Å². The highest BCUT2D eigenvalue weighted by Crippen LogP contribution is 2.17. The molecule has 0 bridgehead atoms. The van der Waals surface area contributed by atoms with E-state index in [4.69, 9.17) is 0 Å². The van der Waals surface area contributed by atoms with Crippen molar-refractivity contribution in [2.45, 2.75) is 19.4 Å². The van der Waals surface area contributed by atoms with E-state index in [0.717, 1.165) is 17.9 Å². The van der Waals surface area contributed by atoms with Crippen molar-refractivity contribution in [3.8, 4) is 0 Å². The molecular formula is C14H16IN3. The molecule has 0 aliphatic heterocycles. The molecule has 1 atom stereocenters. The van der Waals surface area contributed by atoms with E-state index >= 15 is 0 Å². The lowest BCUT2D eigenvalue weighted by atomic mass is 10.0. The van der Waals surface area contributed by atoms with Crippen molar-refractivity contribution in [3.05, 3.63) is 57.2 Å². The van der Waals surface area contributed by atoms with Gasteiger partial charge < -0.3 is 5.32 Å². The lowest BCUT2D eigenvalue weighted by molar-refractivity contribution is 0.572. The summed E-state index contributed by atoms with van der Waals surface area (Å²) < 4.78 is 1.26. The van der Waals surface area contributed by atoms with Gasteiger partial charge in [-0.3, -0.25) is 0 Å². The van der Waals surface area contributed by atoms with Crippen LogP contribution in [0, 0.1) is 10.5 Å². The minimum absolute atomic E-state index is 0.228. The molecule has 2 aromatic rings. The molecular weight excluding hydrogens is 337 g/mol. The van der Waals surface area contributed by atoms with Gasteiger partial charge in [0.15, 0.2) is 0 Å². The van der Waals surface area contributed by atoms with Gasteiger partial charge in [-0.1, -0.05) is 12.1 Å². The van der Waals surface area contributed by atoms with Crippen molar-refractivity contribution in [1.82, 2.24) is 15.3 Å². The summed E-state index contributed by atoms with van der Waals surface area (Å²) in [5, 5.41) is 3.32. The number of aryl methyl sites for hydroxylation is 1. The molecule has 0 amide bonds. The first-order valence-electron chi connectivity index (χ1n) is 5.90. The van der Waals surface area contributed by atoms with Crippen molar-refractivity contribution in [3.63, 3.8) is 0 Å². The Morgan fingerprint density at radius 3 is 2.56 bits per heavy atom. The third-order valence-corrected chi connectivity index (χ3v) is 3.58. The number of halogens is 1. The van der Waals surface area contributed by atoms with Crippen molar-refractivity contribution in [2.75, 3.05) is 7.05 Å². The molecule has 0 fully saturated rings. The maximum atomic E-state index is 4.48. The number of benzene rings is 1. The molecule has 0 radical (unpaired) electrons. The topological polar surface area (TPSA) is 37.8 Å². The maximum Gasteiger partial charge on any atom is 0.125 e. The number of hydrogen-bond donors (Lipinski definition) is 1. The van der Waals surface area contributed by atoms with Gasteiger partial charge in [0.25, 0.3) is 0 Å². The zero-order valence-electron chi connectivity index (χ0n) is 10.5. The molecule has 3 nitrogen and oxygen atoms in total. The van der Waals surface area contributed by atoms with E-state index in [0.29, 0.717) is 0 Å². The van der Waals surface area contributed by atoms with E-state index in [-0.39, 0.29) is 6.04 Å². The first-order chi connectivity index (χ1) is 8.69. The van der Waals surface area contributed by atoms with Crippen LogP contribution in [0.1, 0.15) is 23.1 Å². The smallest absolute Gasteiger partial charge is 0.125 e. The standard InChI is InChI=1S/C14H16IN3/c1-10-17-8-7-13(18-10)14(16-2)9-11-3-5-12(15)6-4-11/h3-8,14,16H,9H2,1-2H3. The quantitative estimate of drug-likeness (QED) is 0.859. The van der Waals surface area contributed by atoms with E-state index in [1.165, 1.54) is 9.13 Å². The molecule has 2 rings (SSSR count). The Hall–Kier alpha value is -1.01. The minimum atomic E-state index is 0.228. The highest BCUT2D eigenvalue weighted by atomic mass is 127. The average molecular weight is 353 g/mol.